The molecule has 0 bridgehead atoms. The number of aryl methyl sites for hydroxylation is 1. The van der Waals surface area contributed by atoms with E-state index in [1.807, 2.05) is 6.92 Å². The predicted octanol–water partition coefficient (Wildman–Crippen LogP) is 2.86. The average Bonchev–Trinajstić information content (AvgIpc) is 2.98. The topological polar surface area (TPSA) is 83.5 Å². The molecule has 0 aromatic carbocycles. The molecular weight excluding hydrogens is 335 g/mol. The van der Waals surface area contributed by atoms with Crippen molar-refractivity contribution in [2.45, 2.75) is 19.9 Å². The molecule has 0 radical (unpaired) electrons. The molecule has 3 aromatic heterocycles. The van der Waals surface area contributed by atoms with Gasteiger partial charge >= 0.3 is 5.69 Å². The van der Waals surface area contributed by atoms with Crippen LogP contribution in [0, 0.1) is 0 Å². The van der Waals surface area contributed by atoms with Crippen molar-refractivity contribution in [2.24, 2.45) is 0 Å². The van der Waals surface area contributed by atoms with Gasteiger partial charge in [-0.2, -0.15) is 0 Å². The highest BCUT2D eigenvalue weighted by atomic mass is 35.5. The molecule has 0 aliphatic rings. The number of rotatable bonds is 3. The first-order chi connectivity index (χ1) is 10.0. The van der Waals surface area contributed by atoms with Crippen LogP contribution in [0.5, 0.6) is 0 Å². The van der Waals surface area contributed by atoms with Crippen molar-refractivity contribution >= 4 is 45.7 Å². The summed E-state index contributed by atoms with van der Waals surface area (Å²) in [5.74, 6) is 0.416. The van der Waals surface area contributed by atoms with E-state index in [9.17, 15) is 9.59 Å². The highest BCUT2D eigenvalue weighted by Crippen LogP contribution is 2.37. The van der Waals surface area contributed by atoms with Gasteiger partial charge in [0.25, 0.3) is 5.56 Å². The fourth-order valence-electron chi connectivity index (χ4n) is 2.10. The molecule has 3 rings (SSSR count). The lowest BCUT2D eigenvalue weighted by Crippen LogP contribution is -2.30. The summed E-state index contributed by atoms with van der Waals surface area (Å²) < 4.78 is 2.42. The summed E-state index contributed by atoms with van der Waals surface area (Å²) in [6, 6.07) is 1.67. The van der Waals surface area contributed by atoms with Crippen molar-refractivity contribution in [2.75, 3.05) is 0 Å². The number of H-pyrrole nitrogens is 2. The van der Waals surface area contributed by atoms with Gasteiger partial charge in [-0.15, -0.1) is 11.3 Å². The first kappa shape index (κ1) is 14.4. The number of halogens is 2. The van der Waals surface area contributed by atoms with Gasteiger partial charge in [0.15, 0.2) is 5.65 Å². The number of fused-ring (bicyclic) bond motifs is 1. The number of thiophene rings is 1. The molecule has 110 valence electrons. The van der Waals surface area contributed by atoms with E-state index in [1.165, 1.54) is 15.9 Å². The minimum Gasteiger partial charge on any atom is -0.332 e. The third-order valence-corrected chi connectivity index (χ3v) is 4.48. The maximum atomic E-state index is 11.9. The number of aromatic nitrogens is 4. The van der Waals surface area contributed by atoms with Gasteiger partial charge in [0.1, 0.15) is 15.7 Å². The molecule has 0 saturated carbocycles. The fraction of sp³-hybridized carbons (Fsp3) is 0.250. The Morgan fingerprint density at radius 1 is 1.33 bits per heavy atom. The van der Waals surface area contributed by atoms with Crippen LogP contribution in [0.15, 0.2) is 15.7 Å². The lowest BCUT2D eigenvalue weighted by molar-refractivity contribution is 0.653. The van der Waals surface area contributed by atoms with Gasteiger partial charge in [0.2, 0.25) is 0 Å². The van der Waals surface area contributed by atoms with Crippen molar-refractivity contribution in [3.63, 3.8) is 0 Å². The Morgan fingerprint density at radius 3 is 2.71 bits per heavy atom. The van der Waals surface area contributed by atoms with Gasteiger partial charge in [-0.25, -0.2) is 9.78 Å². The highest BCUT2D eigenvalue weighted by Gasteiger charge is 2.16. The standard InChI is InChI=1S/C12H10Cl2N4O2S/c1-2-3-18-10-7(11(19)17-12(18)20)15-9(16-10)5-4-6(13)21-8(5)14/h4H,2-3H2,1H3,(H,15,16)(H,17,19,20). The first-order valence-corrected chi connectivity index (χ1v) is 7.76. The Kier molecular flexibility index (Phi) is 3.64. The van der Waals surface area contributed by atoms with E-state index in [0.29, 0.717) is 32.3 Å². The second-order valence-electron chi connectivity index (χ2n) is 4.43. The van der Waals surface area contributed by atoms with Gasteiger partial charge in [-0.05, 0) is 12.5 Å². The van der Waals surface area contributed by atoms with Crippen molar-refractivity contribution in [3.8, 4) is 11.4 Å². The summed E-state index contributed by atoms with van der Waals surface area (Å²) in [7, 11) is 0. The quantitative estimate of drug-likeness (QED) is 0.766. The minimum atomic E-state index is -0.501. The molecule has 0 amide bonds. The molecule has 6 nitrogen and oxygen atoms in total. The smallest absolute Gasteiger partial charge is 0.330 e. The van der Waals surface area contributed by atoms with E-state index in [4.69, 9.17) is 23.2 Å². The number of nitrogens with zero attached hydrogens (tertiary/aromatic N) is 2. The van der Waals surface area contributed by atoms with E-state index >= 15 is 0 Å². The summed E-state index contributed by atoms with van der Waals surface area (Å²) >= 11 is 13.2. The SMILES string of the molecule is CCCn1c(=O)[nH]c(=O)c2[nH]c(-c3cc(Cl)sc3Cl)nc21. The van der Waals surface area contributed by atoms with Crippen LogP contribution in [0.1, 0.15) is 13.3 Å². The van der Waals surface area contributed by atoms with Crippen LogP contribution in [-0.4, -0.2) is 19.5 Å². The minimum absolute atomic E-state index is 0.247. The van der Waals surface area contributed by atoms with Crippen LogP contribution >= 0.6 is 34.5 Å². The number of aromatic amines is 2. The zero-order valence-electron chi connectivity index (χ0n) is 10.9. The van der Waals surface area contributed by atoms with E-state index in [0.717, 1.165) is 6.42 Å². The molecule has 0 saturated heterocycles. The van der Waals surface area contributed by atoms with Crippen LogP contribution in [0.3, 0.4) is 0 Å². The lowest BCUT2D eigenvalue weighted by Gasteiger charge is -2.02. The Morgan fingerprint density at radius 2 is 2.10 bits per heavy atom. The highest BCUT2D eigenvalue weighted by molar-refractivity contribution is 7.20. The largest absolute Gasteiger partial charge is 0.332 e. The van der Waals surface area contributed by atoms with Crippen molar-refractivity contribution < 1.29 is 0 Å². The van der Waals surface area contributed by atoms with E-state index in [1.54, 1.807) is 6.07 Å². The Balaban J connectivity index is 2.31. The van der Waals surface area contributed by atoms with Gasteiger partial charge in [0.05, 0.1) is 4.34 Å². The summed E-state index contributed by atoms with van der Waals surface area (Å²) in [6.45, 7) is 2.40. The Bertz CT molecular complexity index is 937. The van der Waals surface area contributed by atoms with Gasteiger partial charge in [0, 0.05) is 12.1 Å². The lowest BCUT2D eigenvalue weighted by atomic mass is 10.3. The summed E-state index contributed by atoms with van der Waals surface area (Å²) in [5.41, 5.74) is 0.202. The Labute approximate surface area is 132 Å². The maximum absolute atomic E-state index is 11.9. The molecule has 9 heteroatoms. The van der Waals surface area contributed by atoms with Crippen LogP contribution in [0.2, 0.25) is 8.67 Å². The van der Waals surface area contributed by atoms with Crippen LogP contribution in [0.25, 0.3) is 22.6 Å². The molecule has 0 unspecified atom stereocenters. The zero-order valence-corrected chi connectivity index (χ0v) is 13.2. The summed E-state index contributed by atoms with van der Waals surface area (Å²) in [5, 5.41) is 0. The molecule has 0 aliphatic carbocycles. The second-order valence-corrected chi connectivity index (χ2v) is 6.72. The van der Waals surface area contributed by atoms with E-state index in [-0.39, 0.29) is 5.52 Å². The van der Waals surface area contributed by atoms with Crippen LogP contribution < -0.4 is 11.2 Å². The average molecular weight is 345 g/mol. The third kappa shape index (κ3) is 2.41. The molecule has 0 atom stereocenters. The predicted molar refractivity (Wildman–Crippen MR) is 84.6 cm³/mol. The second kappa shape index (κ2) is 5.32. The maximum Gasteiger partial charge on any atom is 0.330 e. The number of hydrogen-bond donors (Lipinski definition) is 2. The van der Waals surface area contributed by atoms with Crippen molar-refractivity contribution in [1.29, 1.82) is 0 Å². The monoisotopic (exact) mass is 344 g/mol. The van der Waals surface area contributed by atoms with Crippen molar-refractivity contribution in [1.82, 2.24) is 19.5 Å². The normalized spacial score (nSPS) is 11.4. The van der Waals surface area contributed by atoms with Crippen molar-refractivity contribution in [3.05, 3.63) is 35.6 Å². The van der Waals surface area contributed by atoms with Crippen LogP contribution in [-0.2, 0) is 6.54 Å². The number of nitrogens with one attached hydrogen (secondary N) is 2. The number of imidazole rings is 1. The first-order valence-electron chi connectivity index (χ1n) is 6.19. The molecule has 0 spiro atoms. The molecule has 3 aromatic rings. The molecular formula is C12H10Cl2N4O2S. The number of hydrogen-bond acceptors (Lipinski definition) is 4. The van der Waals surface area contributed by atoms with Crippen LogP contribution in [0.4, 0.5) is 0 Å². The van der Waals surface area contributed by atoms with Gasteiger partial charge < -0.3 is 4.98 Å². The fourth-order valence-corrected chi connectivity index (χ4v) is 3.57. The molecule has 2 N–H and O–H groups in total. The van der Waals surface area contributed by atoms with E-state index in [2.05, 4.69) is 15.0 Å². The van der Waals surface area contributed by atoms with Gasteiger partial charge in [-0.3, -0.25) is 14.3 Å². The molecule has 21 heavy (non-hydrogen) atoms. The van der Waals surface area contributed by atoms with Gasteiger partial charge in [-0.1, -0.05) is 30.1 Å². The van der Waals surface area contributed by atoms with E-state index < -0.39 is 11.2 Å². The zero-order chi connectivity index (χ0) is 15.1. The Hall–Kier alpha value is -1.57. The molecule has 0 aliphatic heterocycles. The third-order valence-electron chi connectivity index (χ3n) is 2.99. The molecule has 0 fully saturated rings. The molecule has 3 heterocycles. The summed E-state index contributed by atoms with van der Waals surface area (Å²) in [6.07, 6.45) is 0.744. The summed E-state index contributed by atoms with van der Waals surface area (Å²) in [4.78, 5) is 33.3.